The smallest absolute Gasteiger partial charge is 0.262 e. The Bertz CT molecular complexity index is 667. The Morgan fingerprint density at radius 3 is 1.92 bits per heavy atom. The molecule has 132 valence electrons. The Balaban J connectivity index is 2.17. The van der Waals surface area contributed by atoms with Gasteiger partial charge in [0.1, 0.15) is 12.2 Å². The van der Waals surface area contributed by atoms with E-state index in [0.29, 0.717) is 0 Å². The molecule has 0 bridgehead atoms. The third-order valence-corrected chi connectivity index (χ3v) is 9.83. The van der Waals surface area contributed by atoms with Gasteiger partial charge in [0, 0.05) is 0 Å². The maximum atomic E-state index is 9.65. The Morgan fingerprint density at radius 2 is 1.48 bits per heavy atom. The average molecular weight is 355 g/mol. The first-order chi connectivity index (χ1) is 12.0. The highest BCUT2D eigenvalue weighted by Gasteiger charge is 2.52. The Morgan fingerprint density at radius 1 is 0.960 bits per heavy atom. The molecule has 2 unspecified atom stereocenters. The summed E-state index contributed by atoms with van der Waals surface area (Å²) in [5.74, 6) is 0. The van der Waals surface area contributed by atoms with Gasteiger partial charge < -0.3 is 14.3 Å². The van der Waals surface area contributed by atoms with E-state index in [-0.39, 0.29) is 23.9 Å². The van der Waals surface area contributed by atoms with Crippen LogP contribution in [0.1, 0.15) is 20.8 Å². The lowest BCUT2D eigenvalue weighted by molar-refractivity contribution is 0.0282. The number of aliphatic hydroxyl groups is 1. The Hall–Kier alpha value is -1.88. The first kappa shape index (κ1) is 17.9. The fraction of sp³-hybridized carbons (Fsp3) is 0.333. The van der Waals surface area contributed by atoms with Crippen molar-refractivity contribution in [2.24, 2.45) is 0 Å². The van der Waals surface area contributed by atoms with Crippen molar-refractivity contribution in [1.29, 1.82) is 0 Å². The zero-order chi connectivity index (χ0) is 17.9. The molecule has 0 radical (unpaired) electrons. The van der Waals surface area contributed by atoms with Crippen molar-refractivity contribution in [3.8, 4) is 0 Å². The van der Waals surface area contributed by atoms with Crippen LogP contribution in [0, 0.1) is 0 Å². The normalized spacial score (nSPS) is 20.5. The van der Waals surface area contributed by atoms with E-state index in [1.807, 2.05) is 18.2 Å². The summed E-state index contributed by atoms with van der Waals surface area (Å²) in [6, 6.07) is 21.0. The van der Waals surface area contributed by atoms with Crippen LogP contribution in [-0.2, 0) is 9.16 Å². The molecule has 0 spiro atoms. The predicted octanol–water partition coefficient (Wildman–Crippen LogP) is 2.84. The zero-order valence-corrected chi connectivity index (χ0v) is 16.1. The van der Waals surface area contributed by atoms with E-state index in [4.69, 9.17) is 9.16 Å². The fourth-order valence-corrected chi connectivity index (χ4v) is 8.24. The molecule has 0 fully saturated rings. The zero-order valence-electron chi connectivity index (χ0n) is 15.1. The molecule has 1 aliphatic rings. The average Bonchev–Trinajstić information content (AvgIpc) is 3.07. The minimum absolute atomic E-state index is 0.0597. The van der Waals surface area contributed by atoms with Crippen molar-refractivity contribution in [2.45, 2.75) is 38.0 Å². The molecule has 3 rings (SSSR count). The van der Waals surface area contributed by atoms with Crippen LogP contribution in [0.15, 0.2) is 73.0 Å². The molecule has 0 aromatic heterocycles. The van der Waals surface area contributed by atoms with Gasteiger partial charge in [0.25, 0.3) is 8.32 Å². The summed E-state index contributed by atoms with van der Waals surface area (Å²) in [5, 5.41) is 12.0. The van der Waals surface area contributed by atoms with E-state index in [0.717, 1.165) is 0 Å². The number of benzene rings is 2. The summed E-state index contributed by atoms with van der Waals surface area (Å²) >= 11 is 0. The van der Waals surface area contributed by atoms with Crippen LogP contribution in [0.25, 0.3) is 0 Å². The van der Waals surface area contributed by atoms with Gasteiger partial charge in [0.05, 0.1) is 12.9 Å². The highest BCUT2D eigenvalue weighted by Crippen LogP contribution is 2.38. The summed E-state index contributed by atoms with van der Waals surface area (Å²) < 4.78 is 12.4. The SMILES string of the molecule is CC(C)(C)[Si](OC1C=COC1CO)(c1ccccc1)c1ccccc1. The molecule has 1 aliphatic heterocycles. The van der Waals surface area contributed by atoms with Gasteiger partial charge in [-0.1, -0.05) is 81.4 Å². The molecule has 1 N–H and O–H groups in total. The first-order valence-corrected chi connectivity index (χ1v) is 10.6. The summed E-state index contributed by atoms with van der Waals surface area (Å²) in [7, 11) is -2.61. The Kier molecular flexibility index (Phi) is 5.13. The molecule has 4 heteroatoms. The van der Waals surface area contributed by atoms with Gasteiger partial charge in [-0.25, -0.2) is 0 Å². The molecular formula is C21H26O3Si. The van der Waals surface area contributed by atoms with Crippen LogP contribution in [-0.4, -0.2) is 32.2 Å². The van der Waals surface area contributed by atoms with E-state index in [1.165, 1.54) is 10.4 Å². The quantitative estimate of drug-likeness (QED) is 0.839. The third kappa shape index (κ3) is 3.30. The molecule has 0 amide bonds. The molecule has 25 heavy (non-hydrogen) atoms. The van der Waals surface area contributed by atoms with E-state index in [2.05, 4.69) is 69.3 Å². The van der Waals surface area contributed by atoms with Gasteiger partial charge >= 0.3 is 0 Å². The number of rotatable bonds is 5. The number of aliphatic hydroxyl groups excluding tert-OH is 1. The van der Waals surface area contributed by atoms with Crippen molar-refractivity contribution < 1.29 is 14.3 Å². The van der Waals surface area contributed by atoms with Gasteiger partial charge in [-0.3, -0.25) is 0 Å². The Labute approximate surface area is 151 Å². The minimum Gasteiger partial charge on any atom is -0.493 e. The van der Waals surface area contributed by atoms with Crippen LogP contribution < -0.4 is 10.4 Å². The molecule has 0 aliphatic carbocycles. The van der Waals surface area contributed by atoms with E-state index in [1.54, 1.807) is 6.26 Å². The molecule has 2 aromatic rings. The van der Waals surface area contributed by atoms with E-state index >= 15 is 0 Å². The van der Waals surface area contributed by atoms with Crippen molar-refractivity contribution >= 4 is 18.7 Å². The summed E-state index contributed by atoms with van der Waals surface area (Å²) in [4.78, 5) is 0. The standard InChI is InChI=1S/C21H26O3Si/c1-21(2,3)25(17-10-6-4-7-11-17,18-12-8-5-9-13-18)24-19-14-15-23-20(19)16-22/h4-15,19-20,22H,16H2,1-3H3. The maximum Gasteiger partial charge on any atom is 0.262 e. The summed E-state index contributed by atoms with van der Waals surface area (Å²) in [5.41, 5.74) is 0. The third-order valence-electron chi connectivity index (χ3n) is 4.80. The highest BCUT2D eigenvalue weighted by atomic mass is 28.4. The lowest BCUT2D eigenvalue weighted by Crippen LogP contribution is -2.68. The van der Waals surface area contributed by atoms with Crippen LogP contribution in [0.5, 0.6) is 0 Å². The lowest BCUT2D eigenvalue weighted by atomic mass is 10.2. The van der Waals surface area contributed by atoms with Crippen LogP contribution in [0.3, 0.4) is 0 Å². The van der Waals surface area contributed by atoms with Crippen LogP contribution in [0.4, 0.5) is 0 Å². The topological polar surface area (TPSA) is 38.7 Å². The molecule has 0 saturated carbocycles. The summed E-state index contributed by atoms with van der Waals surface area (Å²) in [6.45, 7) is 6.67. The number of hydrogen-bond donors (Lipinski definition) is 1. The van der Waals surface area contributed by atoms with Crippen LogP contribution in [0.2, 0.25) is 5.04 Å². The van der Waals surface area contributed by atoms with E-state index in [9.17, 15) is 5.11 Å². The summed E-state index contributed by atoms with van der Waals surface area (Å²) in [6.07, 6.45) is 2.96. The molecule has 2 aromatic carbocycles. The minimum atomic E-state index is -2.61. The van der Waals surface area contributed by atoms with Gasteiger partial charge in [-0.15, -0.1) is 0 Å². The van der Waals surface area contributed by atoms with E-state index < -0.39 is 8.32 Å². The van der Waals surface area contributed by atoms with Crippen molar-refractivity contribution in [2.75, 3.05) is 6.61 Å². The second-order valence-electron chi connectivity index (χ2n) is 7.43. The molecular weight excluding hydrogens is 328 g/mol. The number of ether oxygens (including phenoxy) is 1. The lowest BCUT2D eigenvalue weighted by Gasteiger charge is -2.44. The molecule has 0 saturated heterocycles. The van der Waals surface area contributed by atoms with Gasteiger partial charge in [0.15, 0.2) is 0 Å². The molecule has 1 heterocycles. The highest BCUT2D eigenvalue weighted by molar-refractivity contribution is 6.99. The molecule has 3 nitrogen and oxygen atoms in total. The first-order valence-electron chi connectivity index (χ1n) is 8.71. The van der Waals surface area contributed by atoms with Gasteiger partial charge in [0.2, 0.25) is 0 Å². The fourth-order valence-electron chi connectivity index (χ4n) is 3.58. The van der Waals surface area contributed by atoms with Gasteiger partial charge in [-0.05, 0) is 21.5 Å². The van der Waals surface area contributed by atoms with Crippen molar-refractivity contribution in [3.63, 3.8) is 0 Å². The maximum absolute atomic E-state index is 9.65. The van der Waals surface area contributed by atoms with Crippen molar-refractivity contribution in [3.05, 3.63) is 73.0 Å². The van der Waals surface area contributed by atoms with Gasteiger partial charge in [-0.2, -0.15) is 0 Å². The second kappa shape index (κ2) is 7.16. The molecule has 2 atom stereocenters. The largest absolute Gasteiger partial charge is 0.493 e. The van der Waals surface area contributed by atoms with Crippen molar-refractivity contribution in [1.82, 2.24) is 0 Å². The predicted molar refractivity (Wildman–Crippen MR) is 104 cm³/mol. The van der Waals surface area contributed by atoms with Crippen LogP contribution >= 0.6 is 0 Å². The second-order valence-corrected chi connectivity index (χ2v) is 11.7. The number of hydrogen-bond acceptors (Lipinski definition) is 3. The monoisotopic (exact) mass is 354 g/mol.